The van der Waals surface area contributed by atoms with Gasteiger partial charge in [-0.05, 0) is 31.2 Å². The minimum atomic E-state index is -0.361. The van der Waals surface area contributed by atoms with Crippen LogP contribution in [-0.2, 0) is 14.3 Å². The topological polar surface area (TPSA) is 81.4 Å². The molecule has 23 heavy (non-hydrogen) atoms. The molecule has 0 bridgehead atoms. The van der Waals surface area contributed by atoms with Gasteiger partial charge in [-0.15, -0.1) is 0 Å². The number of carbonyl (C=O) groups excluding carboxylic acids is 2. The second-order valence-electron chi connectivity index (χ2n) is 6.10. The van der Waals surface area contributed by atoms with Crippen molar-refractivity contribution in [2.75, 3.05) is 6.61 Å². The Kier molecular flexibility index (Phi) is 6.59. The zero-order valence-electron chi connectivity index (χ0n) is 13.7. The maximum Gasteiger partial charge on any atom is 0.308 e. The van der Waals surface area contributed by atoms with Crippen LogP contribution >= 0.6 is 0 Å². The summed E-state index contributed by atoms with van der Waals surface area (Å²) in [6.07, 6.45) is 3.64. The lowest BCUT2D eigenvalue weighted by Gasteiger charge is -2.21. The van der Waals surface area contributed by atoms with Crippen molar-refractivity contribution >= 4 is 11.9 Å². The highest BCUT2D eigenvalue weighted by Crippen LogP contribution is 2.27. The number of rotatable bonds is 7. The third kappa shape index (κ3) is 5.36. The zero-order valence-corrected chi connectivity index (χ0v) is 13.7. The van der Waals surface area contributed by atoms with Crippen LogP contribution in [0.2, 0.25) is 0 Å². The molecule has 5 heteroatoms. The van der Waals surface area contributed by atoms with E-state index in [-0.39, 0.29) is 36.3 Å². The fourth-order valence-electron chi connectivity index (χ4n) is 3.13. The van der Waals surface area contributed by atoms with E-state index in [1.165, 1.54) is 0 Å². The second kappa shape index (κ2) is 8.67. The molecule has 1 amide bonds. The summed E-state index contributed by atoms with van der Waals surface area (Å²) >= 11 is 0. The molecule has 0 heterocycles. The molecule has 2 rings (SSSR count). The Balaban J connectivity index is 1.99. The summed E-state index contributed by atoms with van der Waals surface area (Å²) in [4.78, 5) is 24.2. The minimum Gasteiger partial charge on any atom is -0.466 e. The lowest BCUT2D eigenvalue weighted by Crippen LogP contribution is -2.34. The van der Waals surface area contributed by atoms with Crippen LogP contribution in [0.1, 0.15) is 50.6 Å². The van der Waals surface area contributed by atoms with Crippen molar-refractivity contribution in [2.45, 2.75) is 51.1 Å². The molecule has 0 aliphatic heterocycles. The van der Waals surface area contributed by atoms with Gasteiger partial charge in [0, 0.05) is 12.5 Å². The molecule has 0 saturated heterocycles. The number of hydrogen-bond donors (Lipinski definition) is 2. The highest BCUT2D eigenvalue weighted by molar-refractivity contribution is 5.78. The molecular formula is C18H26N2O3. The Morgan fingerprint density at radius 1 is 1.30 bits per heavy atom. The van der Waals surface area contributed by atoms with Crippen molar-refractivity contribution in [1.29, 1.82) is 0 Å². The van der Waals surface area contributed by atoms with Gasteiger partial charge in [0.15, 0.2) is 0 Å². The van der Waals surface area contributed by atoms with Crippen molar-refractivity contribution in [3.63, 3.8) is 0 Å². The zero-order chi connectivity index (χ0) is 16.7. The quantitative estimate of drug-likeness (QED) is 0.756. The van der Waals surface area contributed by atoms with Gasteiger partial charge in [0.05, 0.1) is 19.1 Å². The third-order valence-corrected chi connectivity index (χ3v) is 4.38. The Morgan fingerprint density at radius 3 is 2.65 bits per heavy atom. The first kappa shape index (κ1) is 17.5. The average Bonchev–Trinajstić information content (AvgIpc) is 2.93. The van der Waals surface area contributed by atoms with Crippen LogP contribution in [0.15, 0.2) is 30.3 Å². The molecule has 1 fully saturated rings. The van der Waals surface area contributed by atoms with Crippen molar-refractivity contribution in [1.82, 2.24) is 5.32 Å². The monoisotopic (exact) mass is 318 g/mol. The maximum atomic E-state index is 12.3. The number of esters is 1. The van der Waals surface area contributed by atoms with Crippen LogP contribution in [0, 0.1) is 5.92 Å². The Bertz CT molecular complexity index is 518. The number of ether oxygens (including phenoxy) is 1. The van der Waals surface area contributed by atoms with E-state index in [1.54, 1.807) is 6.92 Å². The van der Waals surface area contributed by atoms with E-state index in [9.17, 15) is 9.59 Å². The van der Waals surface area contributed by atoms with Crippen LogP contribution in [0.3, 0.4) is 0 Å². The SMILES string of the molecule is CCOC(=O)CC(NC(=O)C[C@@H]1CCC[C@H]1N)c1ccccc1. The fourth-order valence-corrected chi connectivity index (χ4v) is 3.13. The van der Waals surface area contributed by atoms with Gasteiger partial charge in [-0.3, -0.25) is 9.59 Å². The van der Waals surface area contributed by atoms with Crippen LogP contribution in [-0.4, -0.2) is 24.5 Å². The first-order valence-electron chi connectivity index (χ1n) is 8.35. The summed E-state index contributed by atoms with van der Waals surface area (Å²) in [6.45, 7) is 2.11. The van der Waals surface area contributed by atoms with Crippen molar-refractivity contribution in [2.24, 2.45) is 11.7 Å². The summed E-state index contributed by atoms with van der Waals surface area (Å²) in [5, 5.41) is 2.97. The number of hydrogen-bond acceptors (Lipinski definition) is 4. The number of nitrogens with two attached hydrogens (primary N) is 1. The lowest BCUT2D eigenvalue weighted by atomic mass is 9.98. The summed E-state index contributed by atoms with van der Waals surface area (Å²) in [7, 11) is 0. The molecule has 0 spiro atoms. The summed E-state index contributed by atoms with van der Waals surface area (Å²) in [6, 6.07) is 9.27. The van der Waals surface area contributed by atoms with E-state index in [4.69, 9.17) is 10.5 Å². The lowest BCUT2D eigenvalue weighted by molar-refractivity contribution is -0.143. The molecule has 1 aliphatic carbocycles. The summed E-state index contributed by atoms with van der Waals surface area (Å²) < 4.78 is 5.02. The Hall–Kier alpha value is -1.88. The smallest absolute Gasteiger partial charge is 0.308 e. The van der Waals surface area contributed by atoms with Gasteiger partial charge in [-0.2, -0.15) is 0 Å². The molecule has 1 aromatic rings. The number of benzene rings is 1. The molecule has 3 atom stereocenters. The highest BCUT2D eigenvalue weighted by atomic mass is 16.5. The van der Waals surface area contributed by atoms with Crippen LogP contribution in [0.5, 0.6) is 0 Å². The maximum absolute atomic E-state index is 12.3. The van der Waals surface area contributed by atoms with E-state index in [0.29, 0.717) is 13.0 Å². The molecule has 3 N–H and O–H groups in total. The predicted octanol–water partition coefficient (Wildman–Crippen LogP) is 2.31. The fraction of sp³-hybridized carbons (Fsp3) is 0.556. The van der Waals surface area contributed by atoms with E-state index in [0.717, 1.165) is 24.8 Å². The van der Waals surface area contributed by atoms with Gasteiger partial charge in [0.25, 0.3) is 0 Å². The Morgan fingerprint density at radius 2 is 2.04 bits per heavy atom. The van der Waals surface area contributed by atoms with E-state index in [1.807, 2.05) is 30.3 Å². The minimum absolute atomic E-state index is 0.0505. The van der Waals surface area contributed by atoms with Gasteiger partial charge < -0.3 is 15.8 Å². The van der Waals surface area contributed by atoms with Crippen molar-refractivity contribution in [3.8, 4) is 0 Å². The molecule has 1 aromatic carbocycles. The third-order valence-electron chi connectivity index (χ3n) is 4.38. The predicted molar refractivity (Wildman–Crippen MR) is 88.5 cm³/mol. The number of nitrogens with one attached hydrogen (secondary N) is 1. The number of amides is 1. The van der Waals surface area contributed by atoms with Gasteiger partial charge >= 0.3 is 5.97 Å². The first-order valence-corrected chi connectivity index (χ1v) is 8.35. The van der Waals surface area contributed by atoms with Gasteiger partial charge in [-0.1, -0.05) is 36.8 Å². The normalized spacial score (nSPS) is 21.7. The highest BCUT2D eigenvalue weighted by Gasteiger charge is 2.27. The molecular weight excluding hydrogens is 292 g/mol. The molecule has 1 saturated carbocycles. The van der Waals surface area contributed by atoms with Crippen molar-refractivity contribution < 1.29 is 14.3 Å². The van der Waals surface area contributed by atoms with E-state index in [2.05, 4.69) is 5.32 Å². The first-order chi connectivity index (χ1) is 11.1. The molecule has 126 valence electrons. The van der Waals surface area contributed by atoms with Crippen LogP contribution in [0.4, 0.5) is 0 Å². The van der Waals surface area contributed by atoms with Crippen LogP contribution < -0.4 is 11.1 Å². The summed E-state index contributed by atoms with van der Waals surface area (Å²) in [5.74, 6) is -0.112. The van der Waals surface area contributed by atoms with Gasteiger partial charge in [0.2, 0.25) is 5.91 Å². The van der Waals surface area contributed by atoms with Gasteiger partial charge in [-0.25, -0.2) is 0 Å². The molecule has 0 radical (unpaired) electrons. The average molecular weight is 318 g/mol. The second-order valence-corrected chi connectivity index (χ2v) is 6.10. The summed E-state index contributed by atoms with van der Waals surface area (Å²) in [5.41, 5.74) is 6.94. The molecule has 1 unspecified atom stereocenters. The molecule has 5 nitrogen and oxygen atoms in total. The largest absolute Gasteiger partial charge is 0.466 e. The molecule has 1 aliphatic rings. The Labute approximate surface area is 137 Å². The van der Waals surface area contributed by atoms with Gasteiger partial charge in [0.1, 0.15) is 0 Å². The molecule has 0 aromatic heterocycles. The van der Waals surface area contributed by atoms with E-state index >= 15 is 0 Å². The van der Waals surface area contributed by atoms with E-state index < -0.39 is 0 Å². The number of carbonyl (C=O) groups is 2. The standard InChI is InChI=1S/C18H26N2O3/c1-2-23-18(22)12-16(13-7-4-3-5-8-13)20-17(21)11-14-9-6-10-15(14)19/h3-5,7-8,14-16H,2,6,9-12,19H2,1H3,(H,20,21)/t14-,15+,16?/m0/s1. The van der Waals surface area contributed by atoms with Crippen molar-refractivity contribution in [3.05, 3.63) is 35.9 Å². The van der Waals surface area contributed by atoms with Crippen LogP contribution in [0.25, 0.3) is 0 Å².